The summed E-state index contributed by atoms with van der Waals surface area (Å²) in [5.41, 5.74) is 0.0187. The second kappa shape index (κ2) is 9.11. The van der Waals surface area contributed by atoms with E-state index >= 15 is 0 Å². The zero-order valence-corrected chi connectivity index (χ0v) is 16.7. The number of piperazine rings is 1. The van der Waals surface area contributed by atoms with Crippen molar-refractivity contribution in [3.63, 3.8) is 0 Å². The van der Waals surface area contributed by atoms with E-state index < -0.39 is 34.7 Å². The first kappa shape index (κ1) is 22.2. The highest BCUT2D eigenvalue weighted by Gasteiger charge is 2.41. The Morgan fingerprint density at radius 1 is 1.07 bits per heavy atom. The van der Waals surface area contributed by atoms with Crippen molar-refractivity contribution in [1.29, 1.82) is 0 Å². The number of carbonyl (C=O) groups excluding carboxylic acids is 1. The smallest absolute Gasteiger partial charge is 0.339 e. The molecule has 1 amide bonds. The Balaban J connectivity index is 1.58. The molecular formula is C19H21F3N4O3S. The van der Waals surface area contributed by atoms with Gasteiger partial charge in [0.25, 0.3) is 0 Å². The standard InChI is InChI=1S/C19H21F3N4O3S/c20-19(21,22)18(15-5-2-1-3-6-15)24-14-17(27)25-9-11-26(12-10-25)30(28,29)16-7-4-8-23-13-16/h1-8,13,18,24H,9-12,14H2. The summed E-state index contributed by atoms with van der Waals surface area (Å²) in [6.45, 7) is -0.187. The fraction of sp³-hybridized carbons (Fsp3) is 0.368. The molecule has 7 nitrogen and oxygen atoms in total. The number of nitrogens with zero attached hydrogens (tertiary/aromatic N) is 3. The third-order valence-electron chi connectivity index (χ3n) is 4.78. The zero-order chi connectivity index (χ0) is 21.8. The average Bonchev–Trinajstić information content (AvgIpc) is 2.74. The maximum Gasteiger partial charge on any atom is 0.407 e. The minimum absolute atomic E-state index is 0.0187. The Bertz CT molecular complexity index is 948. The maximum absolute atomic E-state index is 13.4. The molecule has 0 aliphatic carbocycles. The van der Waals surface area contributed by atoms with E-state index in [0.29, 0.717) is 0 Å². The Kier molecular flexibility index (Phi) is 6.74. The molecule has 162 valence electrons. The monoisotopic (exact) mass is 442 g/mol. The third kappa shape index (κ3) is 5.15. The average molecular weight is 442 g/mol. The summed E-state index contributed by atoms with van der Waals surface area (Å²) in [6, 6.07) is 8.29. The molecule has 2 heterocycles. The number of sulfonamides is 1. The van der Waals surface area contributed by atoms with Crippen LogP contribution in [0.15, 0.2) is 59.8 Å². The van der Waals surface area contributed by atoms with Crippen molar-refractivity contribution in [2.75, 3.05) is 32.7 Å². The van der Waals surface area contributed by atoms with E-state index in [1.807, 2.05) is 0 Å². The van der Waals surface area contributed by atoms with Gasteiger partial charge in [-0.05, 0) is 17.7 Å². The summed E-state index contributed by atoms with van der Waals surface area (Å²) < 4.78 is 66.6. The van der Waals surface area contributed by atoms with Crippen molar-refractivity contribution in [2.24, 2.45) is 0 Å². The number of rotatable bonds is 6. The number of amides is 1. The number of pyridine rings is 1. The van der Waals surface area contributed by atoms with Gasteiger partial charge in [-0.2, -0.15) is 17.5 Å². The lowest BCUT2D eigenvalue weighted by Crippen LogP contribution is -2.52. The maximum atomic E-state index is 13.4. The molecule has 0 bridgehead atoms. The van der Waals surface area contributed by atoms with E-state index in [9.17, 15) is 26.4 Å². The normalized spacial score (nSPS) is 17.0. The molecule has 0 saturated carbocycles. The number of hydrogen-bond acceptors (Lipinski definition) is 5. The van der Waals surface area contributed by atoms with Crippen LogP contribution in [-0.2, 0) is 14.8 Å². The molecule has 1 aromatic carbocycles. The van der Waals surface area contributed by atoms with Gasteiger partial charge in [0, 0.05) is 38.6 Å². The predicted molar refractivity (Wildman–Crippen MR) is 103 cm³/mol. The number of halogens is 3. The fourth-order valence-electron chi connectivity index (χ4n) is 3.20. The van der Waals surface area contributed by atoms with Crippen LogP contribution in [0.25, 0.3) is 0 Å². The second-order valence-corrected chi connectivity index (χ2v) is 8.68. The van der Waals surface area contributed by atoms with Crippen LogP contribution in [0.4, 0.5) is 13.2 Å². The van der Waals surface area contributed by atoms with Gasteiger partial charge in [-0.25, -0.2) is 8.42 Å². The molecule has 1 unspecified atom stereocenters. The molecule has 3 rings (SSSR count). The molecule has 1 fully saturated rings. The Morgan fingerprint density at radius 2 is 1.73 bits per heavy atom. The van der Waals surface area contributed by atoms with E-state index in [4.69, 9.17) is 0 Å². The predicted octanol–water partition coefficient (Wildman–Crippen LogP) is 1.81. The first-order chi connectivity index (χ1) is 14.2. The van der Waals surface area contributed by atoms with Gasteiger partial charge in [0.05, 0.1) is 6.54 Å². The molecule has 11 heteroatoms. The molecule has 1 atom stereocenters. The summed E-state index contributed by atoms with van der Waals surface area (Å²) in [5.74, 6) is -0.515. The Labute approximate surface area is 172 Å². The van der Waals surface area contributed by atoms with E-state index in [2.05, 4.69) is 10.3 Å². The minimum atomic E-state index is -4.56. The van der Waals surface area contributed by atoms with Crippen LogP contribution in [0, 0.1) is 0 Å². The lowest BCUT2D eigenvalue weighted by Gasteiger charge is -2.34. The first-order valence-corrected chi connectivity index (χ1v) is 10.7. The lowest BCUT2D eigenvalue weighted by atomic mass is 10.1. The molecule has 0 spiro atoms. The quantitative estimate of drug-likeness (QED) is 0.738. The topological polar surface area (TPSA) is 82.6 Å². The van der Waals surface area contributed by atoms with Gasteiger partial charge < -0.3 is 4.90 Å². The minimum Gasteiger partial charge on any atom is -0.339 e. The van der Waals surface area contributed by atoms with Crippen LogP contribution in [-0.4, -0.2) is 67.4 Å². The fourth-order valence-corrected chi connectivity index (χ4v) is 4.58. The summed E-state index contributed by atoms with van der Waals surface area (Å²) in [5, 5.41) is 2.28. The molecule has 1 aliphatic rings. The van der Waals surface area contributed by atoms with Gasteiger partial charge in [-0.3, -0.25) is 15.1 Å². The molecule has 0 radical (unpaired) electrons. The molecule has 30 heavy (non-hydrogen) atoms. The summed E-state index contributed by atoms with van der Waals surface area (Å²) in [7, 11) is -3.72. The molecule has 1 N–H and O–H groups in total. The largest absolute Gasteiger partial charge is 0.407 e. The molecule has 1 saturated heterocycles. The van der Waals surface area contributed by atoms with Gasteiger partial charge in [0.15, 0.2) is 0 Å². The van der Waals surface area contributed by atoms with E-state index in [1.165, 1.54) is 58.0 Å². The van der Waals surface area contributed by atoms with E-state index in [1.54, 1.807) is 6.07 Å². The van der Waals surface area contributed by atoms with E-state index in [0.717, 1.165) is 0 Å². The van der Waals surface area contributed by atoms with Crippen molar-refractivity contribution < 1.29 is 26.4 Å². The summed E-state index contributed by atoms with van der Waals surface area (Å²) in [6.07, 6.45) is -1.85. The van der Waals surface area contributed by atoms with Crippen LogP contribution in [0.1, 0.15) is 11.6 Å². The summed E-state index contributed by atoms with van der Waals surface area (Å²) >= 11 is 0. The number of carbonyl (C=O) groups is 1. The third-order valence-corrected chi connectivity index (χ3v) is 6.66. The van der Waals surface area contributed by atoms with Crippen molar-refractivity contribution in [2.45, 2.75) is 17.1 Å². The van der Waals surface area contributed by atoms with Crippen LogP contribution >= 0.6 is 0 Å². The van der Waals surface area contributed by atoms with Gasteiger partial charge in [-0.1, -0.05) is 30.3 Å². The SMILES string of the molecule is O=C(CNC(c1ccccc1)C(F)(F)F)N1CCN(S(=O)(=O)c2cccnc2)CC1. The lowest BCUT2D eigenvalue weighted by molar-refractivity contribution is -0.159. The van der Waals surface area contributed by atoms with Crippen molar-refractivity contribution in [3.05, 3.63) is 60.4 Å². The van der Waals surface area contributed by atoms with Gasteiger partial charge >= 0.3 is 6.18 Å². The zero-order valence-electron chi connectivity index (χ0n) is 15.9. The highest BCUT2D eigenvalue weighted by Crippen LogP contribution is 2.32. The number of nitrogens with one attached hydrogen (secondary N) is 1. The molecule has 2 aromatic rings. The van der Waals surface area contributed by atoms with Crippen molar-refractivity contribution in [3.8, 4) is 0 Å². The van der Waals surface area contributed by atoms with Crippen molar-refractivity contribution in [1.82, 2.24) is 19.5 Å². The highest BCUT2D eigenvalue weighted by molar-refractivity contribution is 7.89. The first-order valence-electron chi connectivity index (χ1n) is 9.22. The molecular weight excluding hydrogens is 421 g/mol. The number of aromatic nitrogens is 1. The number of benzene rings is 1. The summed E-state index contributed by atoms with van der Waals surface area (Å²) in [4.78, 5) is 17.6. The number of hydrogen-bond donors (Lipinski definition) is 1. The van der Waals surface area contributed by atoms with Gasteiger partial charge in [0.2, 0.25) is 15.9 Å². The van der Waals surface area contributed by atoms with Crippen LogP contribution in [0.5, 0.6) is 0 Å². The van der Waals surface area contributed by atoms with Crippen LogP contribution in [0.3, 0.4) is 0 Å². The Morgan fingerprint density at radius 3 is 2.30 bits per heavy atom. The second-order valence-electron chi connectivity index (χ2n) is 6.74. The number of alkyl halides is 3. The van der Waals surface area contributed by atoms with Gasteiger partial charge in [-0.15, -0.1) is 0 Å². The van der Waals surface area contributed by atoms with Crippen LogP contribution < -0.4 is 5.32 Å². The van der Waals surface area contributed by atoms with Crippen LogP contribution in [0.2, 0.25) is 0 Å². The molecule has 1 aromatic heterocycles. The van der Waals surface area contributed by atoms with Gasteiger partial charge in [0.1, 0.15) is 10.9 Å². The Hall–Kier alpha value is -2.50. The highest BCUT2D eigenvalue weighted by atomic mass is 32.2. The molecule has 1 aliphatic heterocycles. The van der Waals surface area contributed by atoms with E-state index in [-0.39, 0.29) is 36.6 Å². The van der Waals surface area contributed by atoms with Crippen molar-refractivity contribution >= 4 is 15.9 Å².